The van der Waals surface area contributed by atoms with Crippen molar-refractivity contribution in [2.45, 2.75) is 19.8 Å². The van der Waals surface area contributed by atoms with Crippen molar-refractivity contribution in [3.05, 3.63) is 88.9 Å². The zero-order valence-electron chi connectivity index (χ0n) is 23.1. The molecule has 40 heavy (non-hydrogen) atoms. The van der Waals surface area contributed by atoms with Crippen molar-refractivity contribution in [1.29, 1.82) is 0 Å². The van der Waals surface area contributed by atoms with Crippen LogP contribution in [0.1, 0.15) is 30.9 Å². The standard InChI is InChI=1S/C32H36ClN5O2/c1-3-4-16-38(29(39)22-37-19-17-36(2)18-20-37)26-13-11-25(12-14-26)34-31(23-8-6-5-7-9-23)30-27-15-10-24(33)21-28(27)35-32(30)40/h5-15,21,34H,3-4,16-20,22H2,1-2H3,(H,35,40)/b31-30-. The van der Waals surface area contributed by atoms with Crippen LogP contribution in [-0.4, -0.2) is 67.9 Å². The maximum atomic E-state index is 13.4. The number of fused-ring (bicyclic) bond motifs is 1. The second kappa shape index (κ2) is 12.7. The van der Waals surface area contributed by atoms with Crippen LogP contribution in [-0.2, 0) is 9.59 Å². The molecule has 2 heterocycles. The van der Waals surface area contributed by atoms with Gasteiger partial charge in [0.15, 0.2) is 0 Å². The van der Waals surface area contributed by atoms with Gasteiger partial charge in [-0.05, 0) is 55.4 Å². The molecule has 2 N–H and O–H groups in total. The number of rotatable bonds is 9. The zero-order chi connectivity index (χ0) is 28.1. The van der Waals surface area contributed by atoms with Gasteiger partial charge in [-0.3, -0.25) is 14.5 Å². The van der Waals surface area contributed by atoms with Gasteiger partial charge in [-0.1, -0.05) is 61.3 Å². The van der Waals surface area contributed by atoms with Crippen LogP contribution in [0.3, 0.4) is 0 Å². The summed E-state index contributed by atoms with van der Waals surface area (Å²) in [4.78, 5) is 33.0. The smallest absolute Gasteiger partial charge is 0.258 e. The number of hydrogen-bond donors (Lipinski definition) is 2. The second-order valence-corrected chi connectivity index (χ2v) is 10.8. The lowest BCUT2D eigenvalue weighted by molar-refractivity contribution is -0.120. The molecule has 3 aromatic rings. The fraction of sp³-hybridized carbons (Fsp3) is 0.312. The Balaban J connectivity index is 1.41. The largest absolute Gasteiger partial charge is 0.354 e. The van der Waals surface area contributed by atoms with Gasteiger partial charge in [0.1, 0.15) is 0 Å². The highest BCUT2D eigenvalue weighted by Crippen LogP contribution is 2.38. The number of nitrogens with zero attached hydrogens (tertiary/aromatic N) is 3. The highest BCUT2D eigenvalue weighted by atomic mass is 35.5. The second-order valence-electron chi connectivity index (χ2n) is 10.4. The van der Waals surface area contributed by atoms with Crippen molar-refractivity contribution in [1.82, 2.24) is 9.80 Å². The SMILES string of the molecule is CCCCN(C(=O)CN1CCN(C)CC1)c1ccc(N/C(=C2\C(=O)Nc3cc(Cl)ccc32)c2ccccc2)cc1. The average molecular weight is 558 g/mol. The molecular weight excluding hydrogens is 522 g/mol. The molecule has 1 fully saturated rings. The van der Waals surface area contributed by atoms with Crippen molar-refractivity contribution in [2.75, 3.05) is 61.8 Å². The molecule has 0 radical (unpaired) electrons. The molecule has 0 saturated carbocycles. The van der Waals surface area contributed by atoms with Gasteiger partial charge in [0.2, 0.25) is 5.91 Å². The van der Waals surface area contributed by atoms with Crippen molar-refractivity contribution in [3.8, 4) is 0 Å². The molecule has 2 aliphatic rings. The molecule has 0 atom stereocenters. The molecule has 8 heteroatoms. The predicted octanol–water partition coefficient (Wildman–Crippen LogP) is 5.65. The van der Waals surface area contributed by atoms with Crippen LogP contribution in [0.15, 0.2) is 72.8 Å². The van der Waals surface area contributed by atoms with E-state index in [1.54, 1.807) is 12.1 Å². The van der Waals surface area contributed by atoms with Crippen LogP contribution in [0.5, 0.6) is 0 Å². The molecule has 0 unspecified atom stereocenters. The van der Waals surface area contributed by atoms with Crippen LogP contribution in [0, 0.1) is 0 Å². The van der Waals surface area contributed by atoms with E-state index in [0.717, 1.165) is 61.5 Å². The molecule has 2 aliphatic heterocycles. The first-order valence-corrected chi connectivity index (χ1v) is 14.3. The maximum absolute atomic E-state index is 13.4. The van der Waals surface area contributed by atoms with Crippen molar-refractivity contribution in [3.63, 3.8) is 0 Å². The topological polar surface area (TPSA) is 67.9 Å². The van der Waals surface area contributed by atoms with Gasteiger partial charge in [0.25, 0.3) is 5.91 Å². The molecule has 208 valence electrons. The average Bonchev–Trinajstić information content (AvgIpc) is 3.28. The van der Waals surface area contributed by atoms with E-state index in [1.165, 1.54) is 0 Å². The minimum Gasteiger partial charge on any atom is -0.354 e. The van der Waals surface area contributed by atoms with Crippen LogP contribution in [0.4, 0.5) is 17.1 Å². The molecule has 0 bridgehead atoms. The summed E-state index contributed by atoms with van der Waals surface area (Å²) in [6.45, 7) is 7.04. The minimum atomic E-state index is -0.180. The lowest BCUT2D eigenvalue weighted by atomic mass is 10.00. The molecule has 5 rings (SSSR count). The summed E-state index contributed by atoms with van der Waals surface area (Å²) in [6, 6.07) is 23.2. The summed E-state index contributed by atoms with van der Waals surface area (Å²) < 4.78 is 0. The monoisotopic (exact) mass is 557 g/mol. The number of nitrogens with one attached hydrogen (secondary N) is 2. The Labute approximate surface area is 241 Å². The van der Waals surface area contributed by atoms with Crippen LogP contribution < -0.4 is 15.5 Å². The molecule has 0 aromatic heterocycles. The zero-order valence-corrected chi connectivity index (χ0v) is 23.9. The Morgan fingerprint density at radius 1 is 1.00 bits per heavy atom. The number of hydrogen-bond acceptors (Lipinski definition) is 5. The molecule has 0 spiro atoms. The van der Waals surface area contributed by atoms with Gasteiger partial charge >= 0.3 is 0 Å². The summed E-state index contributed by atoms with van der Waals surface area (Å²) in [7, 11) is 2.12. The first-order chi connectivity index (χ1) is 19.4. The molecular formula is C32H36ClN5O2. The van der Waals surface area contributed by atoms with Gasteiger partial charge in [-0.25, -0.2) is 0 Å². The van der Waals surface area contributed by atoms with Gasteiger partial charge < -0.3 is 20.4 Å². The van der Waals surface area contributed by atoms with Gasteiger partial charge in [0, 0.05) is 54.7 Å². The Bertz CT molecular complexity index is 1380. The predicted molar refractivity (Wildman–Crippen MR) is 165 cm³/mol. The summed E-state index contributed by atoms with van der Waals surface area (Å²) in [5.74, 6) is -0.0517. The first-order valence-electron chi connectivity index (χ1n) is 13.9. The van der Waals surface area contributed by atoms with Gasteiger partial charge in [-0.2, -0.15) is 0 Å². The third-order valence-corrected chi connectivity index (χ3v) is 7.71. The molecule has 0 aliphatic carbocycles. The van der Waals surface area contributed by atoms with Crippen molar-refractivity contribution < 1.29 is 9.59 Å². The number of unbranched alkanes of at least 4 members (excludes halogenated alkanes) is 1. The number of benzene rings is 3. The van der Waals surface area contributed by atoms with Gasteiger partial charge in [-0.15, -0.1) is 0 Å². The number of amides is 2. The number of halogens is 1. The Morgan fingerprint density at radius 2 is 1.73 bits per heavy atom. The summed E-state index contributed by atoms with van der Waals surface area (Å²) >= 11 is 6.18. The number of likely N-dealkylation sites (N-methyl/N-ethyl adjacent to an activating group) is 1. The lowest BCUT2D eigenvalue weighted by Crippen LogP contribution is -2.49. The third kappa shape index (κ3) is 6.39. The molecule has 3 aromatic carbocycles. The Hall–Kier alpha value is -3.65. The third-order valence-electron chi connectivity index (χ3n) is 7.48. The van der Waals surface area contributed by atoms with E-state index in [0.29, 0.717) is 35.1 Å². The van der Waals surface area contributed by atoms with Crippen LogP contribution >= 0.6 is 11.6 Å². The fourth-order valence-corrected chi connectivity index (χ4v) is 5.31. The molecule has 7 nitrogen and oxygen atoms in total. The maximum Gasteiger partial charge on any atom is 0.258 e. The van der Waals surface area contributed by atoms with E-state index in [2.05, 4.69) is 34.4 Å². The fourth-order valence-electron chi connectivity index (χ4n) is 5.14. The summed E-state index contributed by atoms with van der Waals surface area (Å²) in [6.07, 6.45) is 1.96. The van der Waals surface area contributed by atoms with E-state index >= 15 is 0 Å². The van der Waals surface area contributed by atoms with E-state index in [4.69, 9.17) is 11.6 Å². The normalized spacial score (nSPS) is 16.8. The number of anilines is 3. The van der Waals surface area contributed by atoms with E-state index < -0.39 is 0 Å². The number of carbonyl (C=O) groups excluding carboxylic acids is 2. The van der Waals surface area contributed by atoms with E-state index in [-0.39, 0.29) is 11.8 Å². The van der Waals surface area contributed by atoms with Crippen LogP contribution in [0.2, 0.25) is 5.02 Å². The lowest BCUT2D eigenvalue weighted by Gasteiger charge is -2.33. The highest BCUT2D eigenvalue weighted by Gasteiger charge is 2.29. The summed E-state index contributed by atoms with van der Waals surface area (Å²) in [5.41, 5.74) is 5.38. The number of piperazine rings is 1. The van der Waals surface area contributed by atoms with Crippen molar-refractivity contribution >= 4 is 51.7 Å². The Kier molecular flexibility index (Phi) is 8.85. The number of carbonyl (C=O) groups is 2. The van der Waals surface area contributed by atoms with E-state index in [9.17, 15) is 9.59 Å². The first kappa shape index (κ1) is 27.9. The summed E-state index contributed by atoms with van der Waals surface area (Å²) in [5, 5.41) is 7.01. The van der Waals surface area contributed by atoms with Gasteiger partial charge in [0.05, 0.1) is 23.5 Å². The Morgan fingerprint density at radius 3 is 2.42 bits per heavy atom. The highest BCUT2D eigenvalue weighted by molar-refractivity contribution is 6.38. The molecule has 2 amide bonds. The molecule has 1 saturated heterocycles. The van der Waals surface area contributed by atoms with E-state index in [1.807, 2.05) is 65.6 Å². The van der Waals surface area contributed by atoms with Crippen molar-refractivity contribution in [2.24, 2.45) is 0 Å². The quantitative estimate of drug-likeness (QED) is 0.333. The minimum absolute atomic E-state index is 0.128. The van der Waals surface area contributed by atoms with Crippen LogP contribution in [0.25, 0.3) is 11.3 Å².